The van der Waals surface area contributed by atoms with Gasteiger partial charge < -0.3 is 5.32 Å². The van der Waals surface area contributed by atoms with Crippen LogP contribution in [0.2, 0.25) is 0 Å². The number of fused-ring (bicyclic) bond motifs is 2. The van der Waals surface area contributed by atoms with Crippen LogP contribution >= 0.6 is 0 Å². The topological polar surface area (TPSA) is 105 Å². The number of nitrogens with one attached hydrogen (secondary N) is 2. The highest BCUT2D eigenvalue weighted by Gasteiger charge is 2.20. The lowest BCUT2D eigenvalue weighted by Gasteiger charge is -2.13. The molecular weight excluding hydrogens is 404 g/mol. The summed E-state index contributed by atoms with van der Waals surface area (Å²) in [6.45, 7) is 0. The number of anilines is 3. The van der Waals surface area contributed by atoms with Gasteiger partial charge in [-0.05, 0) is 36.4 Å². The maximum absolute atomic E-state index is 11.4. The van der Waals surface area contributed by atoms with E-state index in [0.29, 0.717) is 5.69 Å². The third-order valence-electron chi connectivity index (χ3n) is 4.82. The number of hydrogen-bond donors (Lipinski definition) is 2. The van der Waals surface area contributed by atoms with Gasteiger partial charge in [-0.25, -0.2) is 8.42 Å². The quantitative estimate of drug-likeness (QED) is 0.220. The number of non-ortho nitro benzene ring substituents is 1. The van der Waals surface area contributed by atoms with Crippen molar-refractivity contribution in [3.63, 3.8) is 0 Å². The highest BCUT2D eigenvalue weighted by atomic mass is 32.2. The molecule has 0 saturated carbocycles. The molecule has 0 bridgehead atoms. The van der Waals surface area contributed by atoms with Gasteiger partial charge in [-0.2, -0.15) is 4.57 Å². The van der Waals surface area contributed by atoms with Gasteiger partial charge in [0.2, 0.25) is 21.1 Å². The van der Waals surface area contributed by atoms with Crippen molar-refractivity contribution in [2.45, 2.75) is 0 Å². The van der Waals surface area contributed by atoms with E-state index in [0.717, 1.165) is 39.4 Å². The maximum Gasteiger partial charge on any atom is 0.276 e. The van der Waals surface area contributed by atoms with Gasteiger partial charge in [0.1, 0.15) is 7.05 Å². The molecule has 4 rings (SSSR count). The summed E-state index contributed by atoms with van der Waals surface area (Å²) >= 11 is 0. The molecule has 0 amide bonds. The zero-order chi connectivity index (χ0) is 21.5. The van der Waals surface area contributed by atoms with E-state index >= 15 is 0 Å². The Labute approximate surface area is 173 Å². The lowest BCUT2D eigenvalue weighted by molar-refractivity contribution is -0.617. The monoisotopic (exact) mass is 423 g/mol. The number of aromatic nitrogens is 1. The summed E-state index contributed by atoms with van der Waals surface area (Å²) in [5, 5.41) is 16.4. The summed E-state index contributed by atoms with van der Waals surface area (Å²) < 4.78 is 27.2. The molecule has 3 aromatic carbocycles. The van der Waals surface area contributed by atoms with Crippen molar-refractivity contribution >= 4 is 54.6 Å². The van der Waals surface area contributed by atoms with Gasteiger partial charge in [0.25, 0.3) is 5.69 Å². The van der Waals surface area contributed by atoms with Crippen LogP contribution in [0.25, 0.3) is 21.8 Å². The summed E-state index contributed by atoms with van der Waals surface area (Å²) in [5.41, 5.74) is 3.71. The number of aryl methyl sites for hydroxylation is 1. The molecule has 0 aliphatic carbocycles. The minimum absolute atomic E-state index is 0.0236. The van der Waals surface area contributed by atoms with Crippen molar-refractivity contribution in [1.29, 1.82) is 0 Å². The first kappa shape index (κ1) is 19.6. The molecule has 30 heavy (non-hydrogen) atoms. The summed E-state index contributed by atoms with van der Waals surface area (Å²) in [4.78, 5) is 10.9. The molecular formula is C21H19N4O4S+. The summed E-state index contributed by atoms with van der Waals surface area (Å²) in [5.74, 6) is 0. The second-order valence-corrected chi connectivity index (χ2v) is 8.73. The van der Waals surface area contributed by atoms with E-state index in [-0.39, 0.29) is 5.69 Å². The number of nitrogens with zero attached hydrogens (tertiary/aromatic N) is 2. The predicted octanol–water partition coefficient (Wildman–Crippen LogP) is 3.84. The molecule has 152 valence electrons. The molecule has 8 nitrogen and oxygen atoms in total. The number of pyridine rings is 1. The maximum atomic E-state index is 11.4. The first-order valence-corrected chi connectivity index (χ1v) is 11.0. The Hall–Kier alpha value is -3.72. The molecule has 0 unspecified atom stereocenters. The first-order chi connectivity index (χ1) is 14.2. The van der Waals surface area contributed by atoms with Gasteiger partial charge in [0, 0.05) is 23.5 Å². The number of nitro benzene ring substituents is 1. The Morgan fingerprint density at radius 3 is 2.20 bits per heavy atom. The average Bonchev–Trinajstić information content (AvgIpc) is 2.71. The minimum atomic E-state index is -3.35. The lowest BCUT2D eigenvalue weighted by Crippen LogP contribution is -2.30. The fraction of sp³-hybridized carbons (Fsp3) is 0.0952. The smallest absolute Gasteiger partial charge is 0.276 e. The van der Waals surface area contributed by atoms with Crippen LogP contribution < -0.4 is 14.6 Å². The molecule has 2 N–H and O–H groups in total. The number of sulfonamides is 1. The fourth-order valence-corrected chi connectivity index (χ4v) is 4.05. The molecule has 9 heteroatoms. The Kier molecular flexibility index (Phi) is 4.75. The Morgan fingerprint density at radius 2 is 1.53 bits per heavy atom. The van der Waals surface area contributed by atoms with Crippen LogP contribution in [0.3, 0.4) is 0 Å². The van der Waals surface area contributed by atoms with Crippen molar-refractivity contribution in [2.75, 3.05) is 16.3 Å². The van der Waals surface area contributed by atoms with Gasteiger partial charge in [0.15, 0.2) is 0 Å². The third-order valence-corrected chi connectivity index (χ3v) is 5.42. The highest BCUT2D eigenvalue weighted by molar-refractivity contribution is 7.92. The fourth-order valence-electron chi connectivity index (χ4n) is 3.49. The molecule has 1 heterocycles. The molecule has 0 spiro atoms. The van der Waals surface area contributed by atoms with Gasteiger partial charge in [0.05, 0.1) is 33.7 Å². The Morgan fingerprint density at radius 1 is 0.900 bits per heavy atom. The second-order valence-electron chi connectivity index (χ2n) is 6.99. The molecule has 1 aromatic heterocycles. The average molecular weight is 423 g/mol. The number of nitro groups is 1. The van der Waals surface area contributed by atoms with Gasteiger partial charge in [-0.15, -0.1) is 0 Å². The van der Waals surface area contributed by atoms with Gasteiger partial charge in [-0.1, -0.05) is 12.1 Å². The Balaban J connectivity index is 1.86. The van der Waals surface area contributed by atoms with Crippen LogP contribution in [-0.4, -0.2) is 19.6 Å². The van der Waals surface area contributed by atoms with Crippen LogP contribution in [0.1, 0.15) is 0 Å². The number of para-hydroxylation sites is 1. The first-order valence-electron chi connectivity index (χ1n) is 9.07. The molecule has 4 aromatic rings. The zero-order valence-corrected chi connectivity index (χ0v) is 17.1. The van der Waals surface area contributed by atoms with Crippen molar-refractivity contribution in [1.82, 2.24) is 0 Å². The standard InChI is InChI=1S/C21H18N4O4S/c1-24-19-6-4-3-5-17(19)21(18-12-11-16(25(26)27)13-20(18)24)22-14-7-9-15(10-8-14)23-30(2,28)29/h3-13,23H,1-2H3/p+1. The lowest BCUT2D eigenvalue weighted by atomic mass is 10.1. The van der Waals surface area contributed by atoms with E-state index in [1.807, 2.05) is 35.9 Å². The summed E-state index contributed by atoms with van der Waals surface area (Å²) in [6, 6.07) is 19.5. The van der Waals surface area contributed by atoms with E-state index in [9.17, 15) is 18.5 Å². The van der Waals surface area contributed by atoms with Gasteiger partial charge >= 0.3 is 0 Å². The molecule has 0 fully saturated rings. The van der Waals surface area contributed by atoms with Crippen LogP contribution in [0, 0.1) is 10.1 Å². The van der Waals surface area contributed by atoms with E-state index in [1.54, 1.807) is 36.4 Å². The van der Waals surface area contributed by atoms with E-state index < -0.39 is 14.9 Å². The van der Waals surface area contributed by atoms with Gasteiger partial charge in [-0.3, -0.25) is 14.8 Å². The third kappa shape index (κ3) is 3.74. The molecule has 0 atom stereocenters. The normalized spacial score (nSPS) is 11.5. The Bertz CT molecular complexity index is 1400. The van der Waals surface area contributed by atoms with E-state index in [2.05, 4.69) is 10.0 Å². The van der Waals surface area contributed by atoms with Crippen LogP contribution in [0.5, 0.6) is 0 Å². The molecule has 0 aliphatic heterocycles. The summed E-state index contributed by atoms with van der Waals surface area (Å²) in [6.07, 6.45) is 1.10. The molecule has 0 radical (unpaired) electrons. The van der Waals surface area contributed by atoms with Crippen molar-refractivity contribution in [3.8, 4) is 0 Å². The largest absolute Gasteiger partial charge is 0.354 e. The number of benzene rings is 3. The molecule has 0 saturated heterocycles. The van der Waals surface area contributed by atoms with Crippen molar-refractivity contribution < 1.29 is 17.9 Å². The van der Waals surface area contributed by atoms with Crippen LogP contribution in [0.15, 0.2) is 66.7 Å². The van der Waals surface area contributed by atoms with E-state index in [4.69, 9.17) is 0 Å². The van der Waals surface area contributed by atoms with Crippen LogP contribution in [0.4, 0.5) is 22.7 Å². The zero-order valence-electron chi connectivity index (χ0n) is 16.3. The number of hydrogen-bond acceptors (Lipinski definition) is 5. The van der Waals surface area contributed by atoms with Crippen molar-refractivity contribution in [3.05, 3.63) is 76.8 Å². The predicted molar refractivity (Wildman–Crippen MR) is 117 cm³/mol. The van der Waals surface area contributed by atoms with Crippen molar-refractivity contribution in [2.24, 2.45) is 7.05 Å². The highest BCUT2D eigenvalue weighted by Crippen LogP contribution is 2.33. The minimum Gasteiger partial charge on any atom is -0.354 e. The van der Waals surface area contributed by atoms with E-state index in [1.165, 1.54) is 6.07 Å². The number of rotatable bonds is 5. The van der Waals surface area contributed by atoms with Crippen LogP contribution in [-0.2, 0) is 17.1 Å². The summed E-state index contributed by atoms with van der Waals surface area (Å²) in [7, 11) is -1.47. The SMILES string of the molecule is C[n+]1c2ccccc2c(Nc2ccc(NS(C)(=O)=O)cc2)c2ccc([N+](=O)[O-])cc21. The molecule has 0 aliphatic rings. The second kappa shape index (κ2) is 7.27.